The average Bonchev–Trinajstić information content (AvgIpc) is 3.51. The Bertz CT molecular complexity index is 2580. The van der Waals surface area contributed by atoms with Crippen molar-refractivity contribution in [2.45, 2.75) is 0 Å². The van der Waals surface area contributed by atoms with Gasteiger partial charge in [0, 0.05) is 0 Å². The van der Waals surface area contributed by atoms with Crippen LogP contribution < -0.4 is 63.7 Å². The molecule has 0 unspecified atom stereocenters. The Morgan fingerprint density at radius 1 is 0.104 bits per heavy atom. The van der Waals surface area contributed by atoms with Crippen LogP contribution in [0.4, 0.5) is 0 Å². The molecule has 0 N–H and O–H groups in total. The quantitative estimate of drug-likeness (QED) is 0.0845. The summed E-state index contributed by atoms with van der Waals surface area (Å²) < 4.78 is 0. The first-order valence-corrected chi connectivity index (χ1v) is 31.0. The van der Waals surface area contributed by atoms with Crippen molar-refractivity contribution in [1.82, 2.24) is 0 Å². The van der Waals surface area contributed by atoms with Crippen LogP contribution in [-0.2, 0) is 20.4 Å². The van der Waals surface area contributed by atoms with Gasteiger partial charge in [-0.05, 0) is 95.3 Å². The molecular formula is C72H60P4Pd-2. The van der Waals surface area contributed by atoms with E-state index in [0.29, 0.717) is 0 Å². The summed E-state index contributed by atoms with van der Waals surface area (Å²) in [5.41, 5.74) is 0. The van der Waals surface area contributed by atoms with Gasteiger partial charge in [0.05, 0.1) is 0 Å². The van der Waals surface area contributed by atoms with E-state index in [9.17, 15) is 0 Å². The summed E-state index contributed by atoms with van der Waals surface area (Å²) in [7, 11) is -1.78. The normalized spacial score (nSPS) is 10.4. The van der Waals surface area contributed by atoms with Gasteiger partial charge in [-0.1, -0.05) is 364 Å². The van der Waals surface area contributed by atoms with Gasteiger partial charge in [0.15, 0.2) is 0 Å². The SMILES string of the molecule is [Pd-2].c1ccc(P(c2ccccc2)c2ccccc2)cc1.c1ccc(P(c2ccccc2)c2ccccc2)cc1.c1ccc(P(c2ccccc2)c2ccccc2)cc1.c1ccc(P(c2ccccc2)c2ccccc2)cc1. The molecule has 380 valence electrons. The second-order valence-electron chi connectivity index (χ2n) is 17.4. The molecule has 0 fully saturated rings. The molecule has 0 nitrogen and oxygen atoms in total. The number of benzene rings is 12. The Balaban J connectivity index is 0.000000135. The second kappa shape index (κ2) is 31.3. The summed E-state index contributed by atoms with van der Waals surface area (Å²) in [6.07, 6.45) is 0. The second-order valence-corrected chi connectivity index (χ2v) is 26.2. The van der Waals surface area contributed by atoms with Crippen LogP contribution in [-0.4, -0.2) is 0 Å². The first-order valence-electron chi connectivity index (χ1n) is 25.6. The maximum absolute atomic E-state index is 2.23. The van der Waals surface area contributed by atoms with Gasteiger partial charge in [-0.15, -0.1) is 0 Å². The van der Waals surface area contributed by atoms with E-state index >= 15 is 0 Å². The summed E-state index contributed by atoms with van der Waals surface area (Å²) in [5.74, 6) is 0. The largest absolute Gasteiger partial charge is 2.00 e. The van der Waals surface area contributed by atoms with Gasteiger partial charge in [-0.2, -0.15) is 0 Å². The van der Waals surface area contributed by atoms with Crippen LogP contribution in [0.25, 0.3) is 0 Å². The van der Waals surface area contributed by atoms with Crippen LogP contribution in [0.15, 0.2) is 364 Å². The molecule has 0 radical (unpaired) electrons. The maximum atomic E-state index is 2.23. The molecule has 0 aromatic heterocycles. The van der Waals surface area contributed by atoms with Crippen molar-refractivity contribution in [3.63, 3.8) is 0 Å². The molecule has 5 heteroatoms. The average molecular weight is 1160 g/mol. The molecule has 0 amide bonds. The standard InChI is InChI=1S/4C18H15P.Pd/c4*1-4-10-16(11-5-1)19(17-12-6-2-7-13-17)18-14-8-3-9-15-18;/h4*1-15H;/q;;;;-2. The monoisotopic (exact) mass is 1150 g/mol. The van der Waals surface area contributed by atoms with Crippen molar-refractivity contribution in [1.29, 1.82) is 0 Å². The zero-order valence-electron chi connectivity index (χ0n) is 42.7. The molecule has 0 saturated heterocycles. The van der Waals surface area contributed by atoms with E-state index in [1.807, 2.05) is 0 Å². The molecule has 12 aromatic rings. The van der Waals surface area contributed by atoms with E-state index in [1.165, 1.54) is 63.7 Å². The molecule has 0 saturated carbocycles. The summed E-state index contributed by atoms with van der Waals surface area (Å²) in [6, 6.07) is 129. The third-order valence-electron chi connectivity index (χ3n) is 12.2. The molecule has 12 aromatic carbocycles. The molecule has 0 atom stereocenters. The van der Waals surface area contributed by atoms with Crippen molar-refractivity contribution in [2.24, 2.45) is 0 Å². The predicted molar refractivity (Wildman–Crippen MR) is 341 cm³/mol. The Labute approximate surface area is 476 Å². The fraction of sp³-hybridized carbons (Fsp3) is 0. The van der Waals surface area contributed by atoms with Gasteiger partial charge in [0.1, 0.15) is 0 Å². The number of rotatable bonds is 12. The fourth-order valence-corrected chi connectivity index (χ4v) is 17.9. The smallest absolute Gasteiger partial charge is 0.0134 e. The van der Waals surface area contributed by atoms with Crippen molar-refractivity contribution in [3.05, 3.63) is 364 Å². The molecule has 0 heterocycles. The van der Waals surface area contributed by atoms with E-state index in [2.05, 4.69) is 364 Å². The van der Waals surface area contributed by atoms with Crippen LogP contribution in [0, 0.1) is 0 Å². The molecule has 77 heavy (non-hydrogen) atoms. The van der Waals surface area contributed by atoms with Gasteiger partial charge in [-0.3, -0.25) is 0 Å². The van der Waals surface area contributed by atoms with E-state index in [-0.39, 0.29) is 20.4 Å². The van der Waals surface area contributed by atoms with E-state index in [0.717, 1.165) is 0 Å². The zero-order valence-corrected chi connectivity index (χ0v) is 47.9. The van der Waals surface area contributed by atoms with Gasteiger partial charge >= 0.3 is 0 Å². The Kier molecular flexibility index (Phi) is 22.9. The van der Waals surface area contributed by atoms with Gasteiger partial charge in [0.25, 0.3) is 0 Å². The van der Waals surface area contributed by atoms with E-state index in [4.69, 9.17) is 0 Å². The van der Waals surface area contributed by atoms with Crippen molar-refractivity contribution in [2.75, 3.05) is 0 Å². The summed E-state index contributed by atoms with van der Waals surface area (Å²) >= 11 is 0. The summed E-state index contributed by atoms with van der Waals surface area (Å²) in [5, 5.41) is 16.8. The summed E-state index contributed by atoms with van der Waals surface area (Å²) in [6.45, 7) is 0. The molecule has 0 spiro atoms. The first kappa shape index (κ1) is 56.2. The fourth-order valence-electron chi connectivity index (χ4n) is 8.71. The minimum Gasteiger partial charge on any atom is -2.00 e. The molecule has 12 rings (SSSR count). The molecule has 0 bridgehead atoms. The van der Waals surface area contributed by atoms with Crippen molar-refractivity contribution < 1.29 is 20.4 Å². The van der Waals surface area contributed by atoms with Crippen LogP contribution in [0.5, 0.6) is 0 Å². The van der Waals surface area contributed by atoms with E-state index < -0.39 is 31.7 Å². The summed E-state index contributed by atoms with van der Waals surface area (Å²) in [4.78, 5) is 0. The minimum absolute atomic E-state index is 0. The molecular weight excluding hydrogens is 1100 g/mol. The van der Waals surface area contributed by atoms with Gasteiger partial charge in [0.2, 0.25) is 0 Å². The third-order valence-corrected chi connectivity index (χ3v) is 21.9. The van der Waals surface area contributed by atoms with Crippen LogP contribution in [0.3, 0.4) is 0 Å². The van der Waals surface area contributed by atoms with E-state index in [1.54, 1.807) is 0 Å². The molecule has 0 aliphatic rings. The number of hydrogen-bond donors (Lipinski definition) is 0. The zero-order chi connectivity index (χ0) is 51.7. The Hall–Kier alpha value is -6.98. The van der Waals surface area contributed by atoms with Gasteiger partial charge in [-0.25, -0.2) is 0 Å². The molecule has 0 aliphatic heterocycles. The predicted octanol–water partition coefficient (Wildman–Crippen LogP) is 13.8. The topological polar surface area (TPSA) is 0 Å². The third kappa shape index (κ3) is 16.5. The minimum atomic E-state index is -0.446. The number of hydrogen-bond acceptors (Lipinski definition) is 0. The van der Waals surface area contributed by atoms with Crippen LogP contribution in [0.1, 0.15) is 0 Å². The molecule has 0 aliphatic carbocycles. The maximum Gasteiger partial charge on any atom is -0.0134 e. The Morgan fingerprint density at radius 2 is 0.169 bits per heavy atom. The first-order chi connectivity index (χ1) is 37.8. The van der Waals surface area contributed by atoms with Crippen LogP contribution >= 0.6 is 31.7 Å². The van der Waals surface area contributed by atoms with Crippen molar-refractivity contribution in [3.8, 4) is 0 Å². The van der Waals surface area contributed by atoms with Gasteiger partial charge < -0.3 is 20.4 Å². The Morgan fingerprint density at radius 3 is 0.234 bits per heavy atom. The van der Waals surface area contributed by atoms with Crippen LogP contribution in [0.2, 0.25) is 0 Å². The van der Waals surface area contributed by atoms with Crippen molar-refractivity contribution >= 4 is 95.3 Å².